The molecule has 1 aromatic rings. The van der Waals surface area contributed by atoms with Crippen LogP contribution in [0, 0.1) is 13.8 Å². The Morgan fingerprint density at radius 1 is 1.33 bits per heavy atom. The van der Waals surface area contributed by atoms with Crippen LogP contribution in [0.25, 0.3) is 0 Å². The molecule has 0 saturated carbocycles. The number of aliphatic hydroxyl groups is 1. The number of ether oxygens (including phenoxy) is 1. The van der Waals surface area contributed by atoms with Crippen molar-refractivity contribution in [2.45, 2.75) is 46.4 Å². The number of nitrogens with zero attached hydrogens (tertiary/aromatic N) is 1. The van der Waals surface area contributed by atoms with Gasteiger partial charge in [-0.3, -0.25) is 4.90 Å². The van der Waals surface area contributed by atoms with Gasteiger partial charge in [0.05, 0.1) is 19.3 Å². The highest BCUT2D eigenvalue weighted by Crippen LogP contribution is 2.15. The standard InChI is InChI=1S/C18H29NO2/c1-6-9-21-13-18(20)12-19(14(2)3)11-17-10-15(4)7-8-16(17)5/h6-8,10,14,18,20H,1,9,11-13H2,2-5H3/t18-/m0/s1. The first-order valence-corrected chi connectivity index (χ1v) is 7.61. The van der Waals surface area contributed by atoms with Gasteiger partial charge in [-0.15, -0.1) is 6.58 Å². The van der Waals surface area contributed by atoms with Crippen molar-refractivity contribution in [3.8, 4) is 0 Å². The summed E-state index contributed by atoms with van der Waals surface area (Å²) in [6.45, 7) is 14.5. The summed E-state index contributed by atoms with van der Waals surface area (Å²) in [4.78, 5) is 2.28. The number of rotatable bonds is 9. The third-order valence-corrected chi connectivity index (χ3v) is 3.60. The van der Waals surface area contributed by atoms with E-state index in [1.54, 1.807) is 6.08 Å². The highest BCUT2D eigenvalue weighted by atomic mass is 16.5. The minimum atomic E-state index is -0.475. The van der Waals surface area contributed by atoms with Crippen molar-refractivity contribution in [2.75, 3.05) is 19.8 Å². The Morgan fingerprint density at radius 2 is 2.05 bits per heavy atom. The molecule has 1 atom stereocenters. The van der Waals surface area contributed by atoms with Crippen molar-refractivity contribution < 1.29 is 9.84 Å². The molecule has 0 aromatic heterocycles. The Morgan fingerprint density at radius 3 is 2.67 bits per heavy atom. The lowest BCUT2D eigenvalue weighted by Crippen LogP contribution is -2.39. The normalized spacial score (nSPS) is 12.9. The van der Waals surface area contributed by atoms with Gasteiger partial charge in [0, 0.05) is 19.1 Å². The molecule has 0 amide bonds. The molecule has 1 rings (SSSR count). The lowest BCUT2D eigenvalue weighted by atomic mass is 10.0. The summed E-state index contributed by atoms with van der Waals surface area (Å²) < 4.78 is 5.32. The first kappa shape index (κ1) is 17.9. The summed E-state index contributed by atoms with van der Waals surface area (Å²) in [5, 5.41) is 10.1. The molecule has 3 heteroatoms. The zero-order valence-electron chi connectivity index (χ0n) is 13.8. The molecule has 0 heterocycles. The number of hydrogen-bond donors (Lipinski definition) is 1. The maximum absolute atomic E-state index is 10.1. The number of aryl methyl sites for hydroxylation is 2. The average molecular weight is 291 g/mol. The molecule has 0 aliphatic carbocycles. The van der Waals surface area contributed by atoms with Crippen LogP contribution in [0.5, 0.6) is 0 Å². The van der Waals surface area contributed by atoms with E-state index in [9.17, 15) is 5.11 Å². The first-order chi connectivity index (χ1) is 9.93. The summed E-state index contributed by atoms with van der Waals surface area (Å²) in [7, 11) is 0. The van der Waals surface area contributed by atoms with Gasteiger partial charge in [-0.05, 0) is 38.8 Å². The van der Waals surface area contributed by atoms with E-state index in [2.05, 4.69) is 57.4 Å². The minimum absolute atomic E-state index is 0.349. The smallest absolute Gasteiger partial charge is 0.0900 e. The Hall–Kier alpha value is -1.16. The van der Waals surface area contributed by atoms with Crippen LogP contribution in [0.3, 0.4) is 0 Å². The van der Waals surface area contributed by atoms with Crippen LogP contribution in [-0.2, 0) is 11.3 Å². The molecule has 1 N–H and O–H groups in total. The van der Waals surface area contributed by atoms with E-state index < -0.39 is 6.10 Å². The first-order valence-electron chi connectivity index (χ1n) is 7.61. The van der Waals surface area contributed by atoms with Crippen molar-refractivity contribution in [3.05, 3.63) is 47.5 Å². The molecular weight excluding hydrogens is 262 g/mol. The maximum atomic E-state index is 10.1. The van der Waals surface area contributed by atoms with E-state index in [1.807, 2.05) is 0 Å². The molecule has 0 aliphatic rings. The van der Waals surface area contributed by atoms with Crippen LogP contribution in [0.1, 0.15) is 30.5 Å². The molecule has 0 bridgehead atoms. The summed E-state index contributed by atoms with van der Waals surface area (Å²) >= 11 is 0. The van der Waals surface area contributed by atoms with Crippen LogP contribution >= 0.6 is 0 Å². The zero-order chi connectivity index (χ0) is 15.8. The molecular formula is C18H29NO2. The predicted octanol–water partition coefficient (Wildman–Crippen LogP) is 3.08. The van der Waals surface area contributed by atoms with Crippen LogP contribution in [0.2, 0.25) is 0 Å². The van der Waals surface area contributed by atoms with Gasteiger partial charge in [0.2, 0.25) is 0 Å². The summed E-state index contributed by atoms with van der Waals surface area (Å²) in [5.41, 5.74) is 3.89. The summed E-state index contributed by atoms with van der Waals surface area (Å²) in [5.74, 6) is 0. The molecule has 21 heavy (non-hydrogen) atoms. The fourth-order valence-corrected chi connectivity index (χ4v) is 2.26. The van der Waals surface area contributed by atoms with Crippen LogP contribution in [0.15, 0.2) is 30.9 Å². The topological polar surface area (TPSA) is 32.7 Å². The van der Waals surface area contributed by atoms with E-state index in [1.165, 1.54) is 16.7 Å². The van der Waals surface area contributed by atoms with Gasteiger partial charge in [-0.1, -0.05) is 29.8 Å². The molecule has 0 unspecified atom stereocenters. The van der Waals surface area contributed by atoms with E-state index in [0.29, 0.717) is 25.8 Å². The van der Waals surface area contributed by atoms with Gasteiger partial charge in [-0.25, -0.2) is 0 Å². The lowest BCUT2D eigenvalue weighted by molar-refractivity contribution is 0.0178. The molecule has 0 radical (unpaired) electrons. The van der Waals surface area contributed by atoms with E-state index in [0.717, 1.165) is 6.54 Å². The minimum Gasteiger partial charge on any atom is -0.389 e. The van der Waals surface area contributed by atoms with Gasteiger partial charge >= 0.3 is 0 Å². The van der Waals surface area contributed by atoms with Crippen molar-refractivity contribution in [3.63, 3.8) is 0 Å². The van der Waals surface area contributed by atoms with Gasteiger partial charge in [0.25, 0.3) is 0 Å². The molecule has 0 saturated heterocycles. The third kappa shape index (κ3) is 6.42. The lowest BCUT2D eigenvalue weighted by Gasteiger charge is -2.29. The third-order valence-electron chi connectivity index (χ3n) is 3.60. The summed E-state index contributed by atoms with van der Waals surface area (Å²) in [6, 6.07) is 6.90. The quantitative estimate of drug-likeness (QED) is 0.560. The Balaban J connectivity index is 2.65. The van der Waals surface area contributed by atoms with Gasteiger partial charge in [-0.2, -0.15) is 0 Å². The maximum Gasteiger partial charge on any atom is 0.0900 e. The second-order valence-corrected chi connectivity index (χ2v) is 5.93. The highest BCUT2D eigenvalue weighted by molar-refractivity contribution is 5.30. The molecule has 1 aromatic carbocycles. The zero-order valence-corrected chi connectivity index (χ0v) is 13.8. The van der Waals surface area contributed by atoms with E-state index in [4.69, 9.17) is 4.74 Å². The molecule has 0 aliphatic heterocycles. The number of hydrogen-bond acceptors (Lipinski definition) is 3. The van der Waals surface area contributed by atoms with Gasteiger partial charge < -0.3 is 9.84 Å². The number of aliphatic hydroxyl groups excluding tert-OH is 1. The second kappa shape index (κ2) is 8.98. The van der Waals surface area contributed by atoms with Crippen molar-refractivity contribution in [1.29, 1.82) is 0 Å². The van der Waals surface area contributed by atoms with Crippen molar-refractivity contribution >= 4 is 0 Å². The second-order valence-electron chi connectivity index (χ2n) is 5.93. The van der Waals surface area contributed by atoms with E-state index in [-0.39, 0.29) is 0 Å². The summed E-state index contributed by atoms with van der Waals surface area (Å²) in [6.07, 6.45) is 1.22. The fourth-order valence-electron chi connectivity index (χ4n) is 2.26. The Kier molecular flexibility index (Phi) is 7.65. The number of benzene rings is 1. The van der Waals surface area contributed by atoms with Crippen LogP contribution < -0.4 is 0 Å². The highest BCUT2D eigenvalue weighted by Gasteiger charge is 2.16. The van der Waals surface area contributed by atoms with Gasteiger partial charge in [0.15, 0.2) is 0 Å². The fraction of sp³-hybridized carbons (Fsp3) is 0.556. The van der Waals surface area contributed by atoms with E-state index >= 15 is 0 Å². The predicted molar refractivity (Wildman–Crippen MR) is 88.5 cm³/mol. The monoisotopic (exact) mass is 291 g/mol. The van der Waals surface area contributed by atoms with Crippen LogP contribution in [0.4, 0.5) is 0 Å². The van der Waals surface area contributed by atoms with Gasteiger partial charge in [0.1, 0.15) is 0 Å². The van der Waals surface area contributed by atoms with Crippen molar-refractivity contribution in [2.24, 2.45) is 0 Å². The Labute approximate surface area is 129 Å². The average Bonchev–Trinajstić information content (AvgIpc) is 2.42. The molecule has 3 nitrogen and oxygen atoms in total. The SMILES string of the molecule is C=CCOC[C@@H](O)CN(Cc1cc(C)ccc1C)C(C)C. The molecule has 0 spiro atoms. The Bertz CT molecular complexity index is 443. The molecule has 118 valence electrons. The van der Waals surface area contributed by atoms with Crippen molar-refractivity contribution in [1.82, 2.24) is 4.90 Å². The molecule has 0 fully saturated rings. The largest absolute Gasteiger partial charge is 0.389 e. The van der Waals surface area contributed by atoms with Crippen LogP contribution in [-0.4, -0.2) is 41.9 Å².